The van der Waals surface area contributed by atoms with Crippen molar-refractivity contribution in [3.05, 3.63) is 0 Å². The monoisotopic (exact) mass is 213 g/mol. The molecule has 88 valence electrons. The number of nitrogens with one attached hydrogen (secondary N) is 1. The number of hydrogen-bond acceptors (Lipinski definition) is 3. The molecule has 1 saturated carbocycles. The predicted octanol–water partition coefficient (Wildman–Crippen LogP) is 1.04. The third-order valence-corrected chi connectivity index (χ3v) is 4.53. The van der Waals surface area contributed by atoms with Crippen LogP contribution in [0.1, 0.15) is 44.9 Å². The van der Waals surface area contributed by atoms with Crippen LogP contribution in [-0.2, 0) is 0 Å². The van der Waals surface area contributed by atoms with Gasteiger partial charge in [0.25, 0.3) is 0 Å². The maximum atomic E-state index is 10.8. The molecule has 0 bridgehead atoms. The van der Waals surface area contributed by atoms with Crippen LogP contribution in [0, 0.1) is 5.41 Å². The van der Waals surface area contributed by atoms with Crippen LogP contribution in [0.5, 0.6) is 0 Å². The van der Waals surface area contributed by atoms with Gasteiger partial charge in [0.15, 0.2) is 0 Å². The predicted molar refractivity (Wildman–Crippen MR) is 59.7 cm³/mol. The van der Waals surface area contributed by atoms with Gasteiger partial charge in [-0.2, -0.15) is 0 Å². The van der Waals surface area contributed by atoms with Gasteiger partial charge in [-0.05, 0) is 38.8 Å². The zero-order valence-electron chi connectivity index (χ0n) is 9.47. The standard InChI is InChI=1S/C12H23NO2/c14-10-11(6-8-13-9-7-11)12(15)4-2-1-3-5-12/h13-15H,1-10H2. The van der Waals surface area contributed by atoms with Gasteiger partial charge in [0.1, 0.15) is 0 Å². The molecule has 0 radical (unpaired) electrons. The number of aliphatic hydroxyl groups is 2. The fourth-order valence-corrected chi connectivity index (χ4v) is 3.34. The van der Waals surface area contributed by atoms with Crippen molar-refractivity contribution >= 4 is 0 Å². The van der Waals surface area contributed by atoms with Crippen molar-refractivity contribution in [1.82, 2.24) is 5.32 Å². The summed E-state index contributed by atoms with van der Waals surface area (Å²) in [6, 6.07) is 0. The minimum Gasteiger partial charge on any atom is -0.396 e. The van der Waals surface area contributed by atoms with Crippen molar-refractivity contribution in [3.63, 3.8) is 0 Å². The first-order valence-electron chi connectivity index (χ1n) is 6.26. The highest BCUT2D eigenvalue weighted by Gasteiger charge is 2.50. The molecule has 1 aliphatic carbocycles. The van der Waals surface area contributed by atoms with E-state index in [4.69, 9.17) is 0 Å². The summed E-state index contributed by atoms with van der Waals surface area (Å²) in [5.74, 6) is 0. The van der Waals surface area contributed by atoms with Gasteiger partial charge in [-0.25, -0.2) is 0 Å². The molecule has 2 rings (SSSR count). The number of aliphatic hydroxyl groups excluding tert-OH is 1. The number of hydrogen-bond donors (Lipinski definition) is 3. The molecule has 3 heteroatoms. The Morgan fingerprint density at radius 2 is 1.53 bits per heavy atom. The molecule has 2 aliphatic rings. The van der Waals surface area contributed by atoms with Crippen molar-refractivity contribution in [1.29, 1.82) is 0 Å². The van der Waals surface area contributed by atoms with Crippen molar-refractivity contribution in [2.45, 2.75) is 50.5 Å². The van der Waals surface area contributed by atoms with Crippen molar-refractivity contribution in [2.75, 3.05) is 19.7 Å². The fourth-order valence-electron chi connectivity index (χ4n) is 3.34. The lowest BCUT2D eigenvalue weighted by Gasteiger charge is -2.50. The molecule has 1 aliphatic heterocycles. The van der Waals surface area contributed by atoms with Crippen LogP contribution in [0.2, 0.25) is 0 Å². The Hall–Kier alpha value is -0.120. The van der Waals surface area contributed by atoms with Crippen LogP contribution in [0.4, 0.5) is 0 Å². The quantitative estimate of drug-likeness (QED) is 0.642. The van der Waals surface area contributed by atoms with Gasteiger partial charge in [-0.1, -0.05) is 19.3 Å². The van der Waals surface area contributed by atoms with E-state index in [1.54, 1.807) is 0 Å². The Balaban J connectivity index is 2.15. The highest BCUT2D eigenvalue weighted by Crippen LogP contribution is 2.47. The second-order valence-electron chi connectivity index (χ2n) is 5.28. The summed E-state index contributed by atoms with van der Waals surface area (Å²) in [6.45, 7) is 2.01. The van der Waals surface area contributed by atoms with Crippen LogP contribution in [0.3, 0.4) is 0 Å². The SMILES string of the molecule is OCC1(C2(O)CCCCC2)CCNCC1. The lowest BCUT2D eigenvalue weighted by molar-refractivity contribution is -0.143. The van der Waals surface area contributed by atoms with E-state index >= 15 is 0 Å². The lowest BCUT2D eigenvalue weighted by Crippen LogP contribution is -2.56. The van der Waals surface area contributed by atoms with E-state index in [-0.39, 0.29) is 12.0 Å². The van der Waals surface area contributed by atoms with Crippen molar-refractivity contribution < 1.29 is 10.2 Å². The first-order chi connectivity index (χ1) is 7.22. The molecule has 15 heavy (non-hydrogen) atoms. The smallest absolute Gasteiger partial charge is 0.0726 e. The molecule has 0 aromatic heterocycles. The van der Waals surface area contributed by atoms with Gasteiger partial charge in [-0.3, -0.25) is 0 Å². The third-order valence-electron chi connectivity index (χ3n) is 4.53. The Morgan fingerprint density at radius 1 is 0.933 bits per heavy atom. The summed E-state index contributed by atoms with van der Waals surface area (Å²) in [5.41, 5.74) is -0.819. The molecule has 0 amide bonds. The first kappa shape index (κ1) is 11.4. The average Bonchev–Trinajstić information content (AvgIpc) is 2.31. The number of piperidine rings is 1. The summed E-state index contributed by atoms with van der Waals surface area (Å²) in [6.07, 6.45) is 7.07. The molecule has 3 nitrogen and oxygen atoms in total. The second-order valence-corrected chi connectivity index (χ2v) is 5.28. The van der Waals surface area contributed by atoms with E-state index < -0.39 is 5.60 Å². The molecule has 0 aromatic carbocycles. The van der Waals surface area contributed by atoms with Gasteiger partial charge in [0, 0.05) is 5.41 Å². The molecule has 2 fully saturated rings. The average molecular weight is 213 g/mol. The number of rotatable bonds is 2. The summed E-state index contributed by atoms with van der Waals surface area (Å²) >= 11 is 0. The van der Waals surface area contributed by atoms with Crippen molar-refractivity contribution in [3.8, 4) is 0 Å². The van der Waals surface area contributed by atoms with Gasteiger partial charge in [0.2, 0.25) is 0 Å². The topological polar surface area (TPSA) is 52.5 Å². The first-order valence-corrected chi connectivity index (χ1v) is 6.26. The van der Waals surface area contributed by atoms with E-state index in [0.717, 1.165) is 51.6 Å². The Bertz CT molecular complexity index is 206. The summed E-state index contributed by atoms with van der Waals surface area (Å²) < 4.78 is 0. The maximum Gasteiger partial charge on any atom is 0.0726 e. The summed E-state index contributed by atoms with van der Waals surface area (Å²) in [4.78, 5) is 0. The Kier molecular flexibility index (Phi) is 3.33. The highest BCUT2D eigenvalue weighted by molar-refractivity contribution is 5.02. The van der Waals surface area contributed by atoms with E-state index in [9.17, 15) is 10.2 Å². The van der Waals surface area contributed by atoms with Crippen LogP contribution >= 0.6 is 0 Å². The van der Waals surface area contributed by atoms with E-state index in [1.165, 1.54) is 6.42 Å². The maximum absolute atomic E-state index is 10.8. The molecule has 3 N–H and O–H groups in total. The zero-order chi connectivity index (χ0) is 10.8. The molecule has 1 saturated heterocycles. The Morgan fingerprint density at radius 3 is 2.07 bits per heavy atom. The largest absolute Gasteiger partial charge is 0.396 e. The minimum atomic E-state index is -0.595. The van der Waals surface area contributed by atoms with E-state index in [1.807, 2.05) is 0 Å². The fraction of sp³-hybridized carbons (Fsp3) is 1.00. The van der Waals surface area contributed by atoms with Gasteiger partial charge < -0.3 is 15.5 Å². The third kappa shape index (κ3) is 1.93. The van der Waals surface area contributed by atoms with Crippen LogP contribution < -0.4 is 5.32 Å². The molecule has 1 heterocycles. The van der Waals surface area contributed by atoms with Crippen molar-refractivity contribution in [2.24, 2.45) is 5.41 Å². The van der Waals surface area contributed by atoms with E-state index in [2.05, 4.69) is 5.32 Å². The molecule has 0 spiro atoms. The molecule has 0 unspecified atom stereocenters. The summed E-state index contributed by atoms with van der Waals surface area (Å²) in [5, 5.41) is 23.7. The van der Waals surface area contributed by atoms with Crippen LogP contribution in [0.15, 0.2) is 0 Å². The van der Waals surface area contributed by atoms with Gasteiger partial charge in [0.05, 0.1) is 12.2 Å². The van der Waals surface area contributed by atoms with E-state index in [0.29, 0.717) is 0 Å². The summed E-state index contributed by atoms with van der Waals surface area (Å²) in [7, 11) is 0. The van der Waals surface area contributed by atoms with Gasteiger partial charge >= 0.3 is 0 Å². The molecule has 0 aromatic rings. The molecule has 0 atom stereocenters. The van der Waals surface area contributed by atoms with Crippen LogP contribution in [-0.4, -0.2) is 35.5 Å². The molecular formula is C12H23NO2. The highest BCUT2D eigenvalue weighted by atomic mass is 16.3. The Labute approximate surface area is 91.9 Å². The molecular weight excluding hydrogens is 190 g/mol. The zero-order valence-corrected chi connectivity index (χ0v) is 9.47. The normalized spacial score (nSPS) is 30.0. The van der Waals surface area contributed by atoms with Crippen LogP contribution in [0.25, 0.3) is 0 Å². The van der Waals surface area contributed by atoms with Gasteiger partial charge in [-0.15, -0.1) is 0 Å². The second kappa shape index (κ2) is 4.40. The lowest BCUT2D eigenvalue weighted by atomic mass is 9.61. The minimum absolute atomic E-state index is 0.144.